The zero-order valence-electron chi connectivity index (χ0n) is 11.3. The maximum Gasteiger partial charge on any atom is 0.0880 e. The van der Waals surface area contributed by atoms with Crippen LogP contribution in [0.2, 0.25) is 0 Å². The van der Waals surface area contributed by atoms with Crippen LogP contribution < -0.4 is 48.0 Å². The molecule has 0 aliphatic heterocycles. The van der Waals surface area contributed by atoms with Gasteiger partial charge in [-0.1, -0.05) is 21.6 Å². The van der Waals surface area contributed by atoms with E-state index in [1.54, 1.807) is 0 Å². The molecule has 6 heteroatoms. The Labute approximate surface area is 144 Å². The number of quaternary nitrogens is 2. The summed E-state index contributed by atoms with van der Waals surface area (Å²) in [5, 5.41) is 0. The molecule has 0 rings (SSSR count). The molecular weight excluding hydrogens is 466 g/mol. The summed E-state index contributed by atoms with van der Waals surface area (Å²) in [6, 6.07) is 0. The maximum absolute atomic E-state index is 2.25. The molecule has 0 bridgehead atoms. The van der Waals surface area contributed by atoms with E-state index < -0.39 is 0 Å². The summed E-state index contributed by atoms with van der Waals surface area (Å²) in [4.78, 5) is 0. The minimum atomic E-state index is 0. The largest absolute Gasteiger partial charge is 1.00 e. The highest BCUT2D eigenvalue weighted by molar-refractivity contribution is 8.76. The molecule has 0 amide bonds. The summed E-state index contributed by atoms with van der Waals surface area (Å²) >= 11 is 0. The molecule has 16 heavy (non-hydrogen) atoms. The molecule has 0 aromatic heterocycles. The van der Waals surface area contributed by atoms with E-state index in [0.717, 1.165) is 8.97 Å². The van der Waals surface area contributed by atoms with Gasteiger partial charge in [-0.05, 0) is 0 Å². The van der Waals surface area contributed by atoms with Crippen LogP contribution in [0.4, 0.5) is 0 Å². The summed E-state index contributed by atoms with van der Waals surface area (Å²) < 4.78 is 2.14. The zero-order chi connectivity index (χ0) is 11.2. The van der Waals surface area contributed by atoms with E-state index >= 15 is 0 Å². The van der Waals surface area contributed by atoms with E-state index in [0.29, 0.717) is 0 Å². The molecule has 0 saturated heterocycles. The monoisotopic (exact) mass is 492 g/mol. The Morgan fingerprint density at radius 3 is 1.06 bits per heavy atom. The highest BCUT2D eigenvalue weighted by atomic mass is 127. The van der Waals surface area contributed by atoms with Crippen molar-refractivity contribution in [1.29, 1.82) is 0 Å². The van der Waals surface area contributed by atoms with Crippen molar-refractivity contribution < 1.29 is 56.9 Å². The average Bonchev–Trinajstić information content (AvgIpc) is 1.92. The van der Waals surface area contributed by atoms with Crippen molar-refractivity contribution in [2.24, 2.45) is 0 Å². The first-order valence-corrected chi connectivity index (χ1v) is 7.55. The molecule has 0 atom stereocenters. The van der Waals surface area contributed by atoms with Crippen LogP contribution in [0.15, 0.2) is 0 Å². The zero-order valence-corrected chi connectivity index (χ0v) is 17.2. The number of halogens is 2. The van der Waals surface area contributed by atoms with Crippen molar-refractivity contribution in [2.45, 2.75) is 0 Å². The minimum absolute atomic E-state index is 0. The van der Waals surface area contributed by atoms with E-state index in [1.165, 1.54) is 24.6 Å². The Morgan fingerprint density at radius 1 is 0.625 bits per heavy atom. The van der Waals surface area contributed by atoms with Crippen LogP contribution in [0.1, 0.15) is 0 Å². The van der Waals surface area contributed by atoms with Crippen LogP contribution in [0.3, 0.4) is 0 Å². The predicted octanol–water partition coefficient (Wildman–Crippen LogP) is -4.21. The van der Waals surface area contributed by atoms with E-state index in [1.807, 2.05) is 21.6 Å². The van der Waals surface area contributed by atoms with Crippen molar-refractivity contribution >= 4 is 21.6 Å². The lowest BCUT2D eigenvalue weighted by Gasteiger charge is -2.24. The summed E-state index contributed by atoms with van der Waals surface area (Å²) in [7, 11) is 17.5. The standard InChI is InChI=1S/C10H26N2S2.2HI/c1-11(2,3)7-9-13-14-10-8-12(4,5)6;;/h7-10H2,1-6H3;2*1H/q+2;;/p-2. The van der Waals surface area contributed by atoms with Crippen molar-refractivity contribution in [3.63, 3.8) is 0 Å². The SMILES string of the molecule is C[N+](C)(C)CCSSCC[N+](C)(C)C.[I-].[I-]. The lowest BCUT2D eigenvalue weighted by atomic mass is 10.6. The molecule has 0 unspecified atom stereocenters. The third-order valence-corrected chi connectivity index (χ3v) is 4.14. The summed E-state index contributed by atoms with van der Waals surface area (Å²) in [5.74, 6) is 2.51. The molecule has 0 heterocycles. The van der Waals surface area contributed by atoms with Crippen LogP contribution in [0.5, 0.6) is 0 Å². The molecule has 0 saturated carbocycles. The van der Waals surface area contributed by atoms with Crippen molar-refractivity contribution in [3.8, 4) is 0 Å². The fraction of sp³-hybridized carbons (Fsp3) is 1.00. The lowest BCUT2D eigenvalue weighted by molar-refractivity contribution is -0.867. The van der Waals surface area contributed by atoms with Gasteiger partial charge in [0.25, 0.3) is 0 Å². The van der Waals surface area contributed by atoms with Gasteiger partial charge in [-0.25, -0.2) is 0 Å². The summed E-state index contributed by atoms with van der Waals surface area (Å²) in [6.45, 7) is 2.50. The van der Waals surface area contributed by atoms with Crippen LogP contribution in [0, 0.1) is 0 Å². The molecule has 0 N–H and O–H groups in total. The topological polar surface area (TPSA) is 0 Å². The van der Waals surface area contributed by atoms with Gasteiger partial charge in [-0.15, -0.1) is 0 Å². The predicted molar refractivity (Wildman–Crippen MR) is 70.7 cm³/mol. The van der Waals surface area contributed by atoms with Crippen LogP contribution in [-0.2, 0) is 0 Å². The molecule has 0 aromatic rings. The van der Waals surface area contributed by atoms with Crippen LogP contribution in [0.25, 0.3) is 0 Å². The van der Waals surface area contributed by atoms with Crippen molar-refractivity contribution in [2.75, 3.05) is 66.9 Å². The first kappa shape index (κ1) is 23.2. The Bertz CT molecular complexity index is 138. The van der Waals surface area contributed by atoms with Gasteiger partial charge in [0.15, 0.2) is 0 Å². The number of rotatable bonds is 7. The van der Waals surface area contributed by atoms with E-state index in [2.05, 4.69) is 42.3 Å². The molecule has 0 spiro atoms. The highest BCUT2D eigenvalue weighted by Gasteiger charge is 2.08. The number of nitrogens with zero attached hydrogens (tertiary/aromatic N) is 2. The summed E-state index contributed by atoms with van der Waals surface area (Å²) in [6.07, 6.45) is 0. The minimum Gasteiger partial charge on any atom is -1.00 e. The third-order valence-electron chi connectivity index (χ3n) is 1.77. The van der Waals surface area contributed by atoms with E-state index in [9.17, 15) is 0 Å². The van der Waals surface area contributed by atoms with Gasteiger partial charge in [0.05, 0.1) is 66.9 Å². The third kappa shape index (κ3) is 21.4. The molecule has 0 fully saturated rings. The fourth-order valence-corrected chi connectivity index (χ4v) is 3.37. The van der Waals surface area contributed by atoms with Crippen molar-refractivity contribution in [3.05, 3.63) is 0 Å². The van der Waals surface area contributed by atoms with Gasteiger partial charge in [-0.3, -0.25) is 0 Å². The second-order valence-corrected chi connectivity index (χ2v) is 8.37. The first-order chi connectivity index (χ1) is 6.21. The average molecular weight is 492 g/mol. The van der Waals surface area contributed by atoms with Crippen molar-refractivity contribution in [1.82, 2.24) is 0 Å². The first-order valence-electron chi connectivity index (χ1n) is 5.06. The van der Waals surface area contributed by atoms with Gasteiger partial charge in [0.1, 0.15) is 0 Å². The smallest absolute Gasteiger partial charge is 0.0880 e. The molecule has 2 nitrogen and oxygen atoms in total. The summed E-state index contributed by atoms with van der Waals surface area (Å²) in [5.41, 5.74) is 0. The molecule has 0 radical (unpaired) electrons. The van der Waals surface area contributed by atoms with Gasteiger partial charge in [-0.2, -0.15) is 0 Å². The Kier molecular flexibility index (Phi) is 15.9. The highest BCUT2D eigenvalue weighted by Crippen LogP contribution is 2.21. The van der Waals surface area contributed by atoms with E-state index in [-0.39, 0.29) is 48.0 Å². The molecular formula is C10H26I2N2S2. The molecule has 0 aliphatic rings. The molecule has 0 aromatic carbocycles. The lowest BCUT2D eigenvalue weighted by Crippen LogP contribution is -3.00. The maximum atomic E-state index is 2.25. The Morgan fingerprint density at radius 2 is 0.875 bits per heavy atom. The van der Waals surface area contributed by atoms with Gasteiger partial charge in [0, 0.05) is 0 Å². The van der Waals surface area contributed by atoms with Gasteiger partial charge < -0.3 is 56.9 Å². The fourth-order valence-electron chi connectivity index (χ4n) is 0.740. The second-order valence-electron chi connectivity index (χ2n) is 5.67. The molecule has 0 aliphatic carbocycles. The van der Waals surface area contributed by atoms with Crippen LogP contribution in [-0.4, -0.2) is 75.8 Å². The normalized spacial score (nSPS) is 11.6. The van der Waals surface area contributed by atoms with Gasteiger partial charge in [0.2, 0.25) is 0 Å². The van der Waals surface area contributed by atoms with Gasteiger partial charge >= 0.3 is 0 Å². The Hall–Kier alpha value is 2.08. The quantitative estimate of drug-likeness (QED) is 0.153. The number of hydrogen-bond acceptors (Lipinski definition) is 2. The molecule has 102 valence electrons. The number of hydrogen-bond donors (Lipinski definition) is 0. The van der Waals surface area contributed by atoms with E-state index in [4.69, 9.17) is 0 Å². The van der Waals surface area contributed by atoms with Crippen LogP contribution >= 0.6 is 21.6 Å². The second kappa shape index (κ2) is 11.0. The Balaban J connectivity index is -0.000000845.